The predicted octanol–water partition coefficient (Wildman–Crippen LogP) is 7.29. The molecule has 4 nitrogen and oxygen atoms in total. The van der Waals surface area contributed by atoms with Gasteiger partial charge in [0.15, 0.2) is 5.78 Å². The van der Waals surface area contributed by atoms with E-state index in [1.807, 2.05) is 42.5 Å². The summed E-state index contributed by atoms with van der Waals surface area (Å²) in [6, 6.07) is 18.4. The number of ether oxygens (including phenoxy) is 3. The van der Waals surface area contributed by atoms with Crippen molar-refractivity contribution in [2.45, 2.75) is 5.75 Å². The van der Waals surface area contributed by atoms with E-state index in [1.165, 1.54) is 11.8 Å². The molecule has 0 saturated carbocycles. The Hall–Kier alpha value is -2.41. The van der Waals surface area contributed by atoms with Gasteiger partial charge in [-0.25, -0.2) is 0 Å². The van der Waals surface area contributed by atoms with E-state index in [2.05, 4.69) is 15.9 Å². The molecule has 3 aromatic rings. The summed E-state index contributed by atoms with van der Waals surface area (Å²) in [5, 5.41) is 0.674. The Labute approximate surface area is 205 Å². The van der Waals surface area contributed by atoms with Crippen LogP contribution in [-0.4, -0.2) is 27.1 Å². The van der Waals surface area contributed by atoms with Crippen LogP contribution in [0.2, 0.25) is 5.02 Å². The van der Waals surface area contributed by atoms with Gasteiger partial charge in [0.05, 0.1) is 31.8 Å². The molecule has 0 aliphatic rings. The van der Waals surface area contributed by atoms with Crippen LogP contribution < -0.4 is 14.2 Å². The van der Waals surface area contributed by atoms with Gasteiger partial charge in [-0.2, -0.15) is 0 Å². The van der Waals surface area contributed by atoms with Crippen molar-refractivity contribution in [2.75, 3.05) is 21.3 Å². The highest BCUT2D eigenvalue weighted by Gasteiger charge is 2.18. The van der Waals surface area contributed by atoms with Crippen LogP contribution in [0.5, 0.6) is 17.2 Å². The van der Waals surface area contributed by atoms with E-state index in [4.69, 9.17) is 25.8 Å². The summed E-state index contributed by atoms with van der Waals surface area (Å²) in [4.78, 5) is 14.0. The van der Waals surface area contributed by atoms with Gasteiger partial charge < -0.3 is 14.2 Å². The average molecular weight is 534 g/mol. The van der Waals surface area contributed by atoms with Crippen molar-refractivity contribution >= 4 is 51.2 Å². The zero-order valence-electron chi connectivity index (χ0n) is 17.9. The number of ketones is 1. The lowest BCUT2D eigenvalue weighted by atomic mass is 10.1. The highest BCUT2D eigenvalue weighted by Crippen LogP contribution is 2.38. The number of carbonyl (C=O) groups is 1. The van der Waals surface area contributed by atoms with Crippen molar-refractivity contribution in [1.82, 2.24) is 0 Å². The molecule has 7 heteroatoms. The molecule has 0 amide bonds. The smallest absolute Gasteiger partial charge is 0.199 e. The molecule has 166 valence electrons. The molecular weight excluding hydrogens is 512 g/mol. The van der Waals surface area contributed by atoms with Crippen LogP contribution in [0.15, 0.2) is 70.0 Å². The third kappa shape index (κ3) is 6.09. The van der Waals surface area contributed by atoms with Crippen molar-refractivity contribution in [1.29, 1.82) is 0 Å². The highest BCUT2D eigenvalue weighted by molar-refractivity contribution is 9.10. The van der Waals surface area contributed by atoms with Crippen molar-refractivity contribution in [3.8, 4) is 17.2 Å². The van der Waals surface area contributed by atoms with Crippen LogP contribution in [0, 0.1) is 0 Å². The van der Waals surface area contributed by atoms with Gasteiger partial charge in [0.1, 0.15) is 17.2 Å². The number of thioether (sulfide) groups is 1. The molecule has 0 fully saturated rings. The van der Waals surface area contributed by atoms with Crippen LogP contribution in [0.4, 0.5) is 0 Å². The zero-order valence-corrected chi connectivity index (χ0v) is 21.0. The lowest BCUT2D eigenvalue weighted by molar-refractivity contribution is 0.104. The molecule has 32 heavy (non-hydrogen) atoms. The third-order valence-electron chi connectivity index (χ3n) is 4.67. The van der Waals surface area contributed by atoms with E-state index < -0.39 is 0 Å². The number of carbonyl (C=O) groups excluding carboxylic acids is 1. The van der Waals surface area contributed by atoms with Crippen LogP contribution >= 0.6 is 39.3 Å². The molecule has 0 atom stereocenters. The Balaban J connectivity index is 2.04. The minimum absolute atomic E-state index is 0.0867. The predicted molar refractivity (Wildman–Crippen MR) is 135 cm³/mol. The number of hydrogen-bond donors (Lipinski definition) is 0. The second kappa shape index (κ2) is 11.5. The summed E-state index contributed by atoms with van der Waals surface area (Å²) in [5.41, 5.74) is 2.32. The molecule has 0 saturated heterocycles. The van der Waals surface area contributed by atoms with E-state index in [0.717, 1.165) is 10.0 Å². The Bertz CT molecular complexity index is 1090. The molecule has 0 radical (unpaired) electrons. The van der Waals surface area contributed by atoms with Gasteiger partial charge in [0.2, 0.25) is 0 Å². The summed E-state index contributed by atoms with van der Waals surface area (Å²) >= 11 is 10.9. The van der Waals surface area contributed by atoms with E-state index in [0.29, 0.717) is 44.1 Å². The van der Waals surface area contributed by atoms with Crippen LogP contribution in [-0.2, 0) is 5.75 Å². The second-order valence-electron chi connectivity index (χ2n) is 6.71. The Kier molecular flexibility index (Phi) is 8.67. The Morgan fingerprint density at radius 3 is 2.06 bits per heavy atom. The fourth-order valence-electron chi connectivity index (χ4n) is 2.96. The van der Waals surface area contributed by atoms with Crippen LogP contribution in [0.1, 0.15) is 21.5 Å². The van der Waals surface area contributed by atoms with Crippen molar-refractivity contribution in [3.05, 3.63) is 91.8 Å². The van der Waals surface area contributed by atoms with Gasteiger partial charge in [0.25, 0.3) is 0 Å². The van der Waals surface area contributed by atoms with Crippen molar-refractivity contribution in [3.63, 3.8) is 0 Å². The molecule has 0 N–H and O–H groups in total. The first-order valence-electron chi connectivity index (χ1n) is 9.64. The molecule has 0 bridgehead atoms. The van der Waals surface area contributed by atoms with E-state index >= 15 is 0 Å². The standard InChI is InChI=1S/C25H22BrClO4S/c1-29-20-12-22(30-2)21(23(13-20)31-3)14-24(25(28)17-6-8-18(26)9-7-17)32-15-16-4-10-19(27)11-5-16/h4-14H,15H2,1-3H3. The van der Waals surface area contributed by atoms with Crippen molar-refractivity contribution in [2.24, 2.45) is 0 Å². The number of allylic oxidation sites excluding steroid dienone is 1. The maximum Gasteiger partial charge on any atom is 0.199 e. The number of halogens is 2. The molecule has 0 heterocycles. The molecule has 0 aliphatic carbocycles. The summed E-state index contributed by atoms with van der Waals surface area (Å²) in [6.07, 6.45) is 1.81. The fourth-order valence-corrected chi connectivity index (χ4v) is 4.32. The topological polar surface area (TPSA) is 44.8 Å². The first-order chi connectivity index (χ1) is 15.4. The molecule has 0 spiro atoms. The minimum atomic E-state index is -0.0867. The SMILES string of the molecule is COc1cc(OC)c(C=C(SCc2ccc(Cl)cc2)C(=O)c2ccc(Br)cc2)c(OC)c1. The molecular formula is C25H22BrClO4S. The van der Waals surface area contributed by atoms with Gasteiger partial charge >= 0.3 is 0 Å². The normalized spacial score (nSPS) is 11.2. The largest absolute Gasteiger partial charge is 0.496 e. The van der Waals surface area contributed by atoms with Gasteiger partial charge in [-0.05, 0) is 48.0 Å². The molecule has 0 aromatic heterocycles. The van der Waals surface area contributed by atoms with E-state index in [1.54, 1.807) is 45.6 Å². The number of rotatable bonds is 9. The average Bonchev–Trinajstić information content (AvgIpc) is 2.82. The first-order valence-corrected chi connectivity index (χ1v) is 11.8. The third-order valence-corrected chi connectivity index (χ3v) is 6.54. The summed E-state index contributed by atoms with van der Waals surface area (Å²) in [7, 11) is 4.72. The van der Waals surface area contributed by atoms with Gasteiger partial charge in [-0.3, -0.25) is 4.79 Å². The summed E-state index contributed by atoms with van der Waals surface area (Å²) in [6.45, 7) is 0. The van der Waals surface area contributed by atoms with Gasteiger partial charge in [-0.1, -0.05) is 39.7 Å². The molecule has 0 aliphatic heterocycles. The number of methoxy groups -OCH3 is 3. The van der Waals surface area contributed by atoms with Crippen LogP contribution in [0.3, 0.4) is 0 Å². The first kappa shape index (κ1) is 24.2. The van der Waals surface area contributed by atoms with Gasteiger partial charge in [0, 0.05) is 32.9 Å². The number of Topliss-reactive ketones (excluding diaryl/α,β-unsaturated/α-hetero) is 1. The van der Waals surface area contributed by atoms with Crippen LogP contribution in [0.25, 0.3) is 6.08 Å². The summed E-state index contributed by atoms with van der Waals surface area (Å²) in [5.74, 6) is 2.22. The Morgan fingerprint density at radius 1 is 0.938 bits per heavy atom. The lowest BCUT2D eigenvalue weighted by Gasteiger charge is -2.14. The van der Waals surface area contributed by atoms with Gasteiger partial charge in [-0.15, -0.1) is 11.8 Å². The lowest BCUT2D eigenvalue weighted by Crippen LogP contribution is -2.02. The second-order valence-corrected chi connectivity index (χ2v) is 9.07. The minimum Gasteiger partial charge on any atom is -0.496 e. The highest BCUT2D eigenvalue weighted by atomic mass is 79.9. The van der Waals surface area contributed by atoms with E-state index in [9.17, 15) is 4.79 Å². The monoisotopic (exact) mass is 532 g/mol. The Morgan fingerprint density at radius 2 is 1.53 bits per heavy atom. The number of benzene rings is 3. The maximum absolute atomic E-state index is 13.4. The molecule has 3 rings (SSSR count). The molecule has 0 unspecified atom stereocenters. The number of hydrogen-bond acceptors (Lipinski definition) is 5. The maximum atomic E-state index is 13.4. The summed E-state index contributed by atoms with van der Waals surface area (Å²) < 4.78 is 17.4. The quantitative estimate of drug-likeness (QED) is 0.213. The van der Waals surface area contributed by atoms with E-state index in [-0.39, 0.29) is 5.78 Å². The molecule has 3 aromatic carbocycles. The fraction of sp³-hybridized carbons (Fsp3) is 0.160. The zero-order chi connectivity index (χ0) is 23.1. The van der Waals surface area contributed by atoms with Crippen molar-refractivity contribution < 1.29 is 19.0 Å².